The Bertz CT molecular complexity index is 460. The van der Waals surface area contributed by atoms with Crippen molar-refractivity contribution in [3.05, 3.63) is 5.82 Å². The molecule has 7 nitrogen and oxygen atoms in total. The average molecular weight is 285 g/mol. The lowest BCUT2D eigenvalue weighted by molar-refractivity contribution is -0.120. The van der Waals surface area contributed by atoms with Gasteiger partial charge in [-0.25, -0.2) is 0 Å². The molecule has 0 saturated heterocycles. The Balaban J connectivity index is 2.64. The van der Waals surface area contributed by atoms with Gasteiger partial charge in [0.25, 0.3) is 0 Å². The topological polar surface area (TPSA) is 103 Å². The summed E-state index contributed by atoms with van der Waals surface area (Å²) in [4.78, 5) is 22.4. The maximum atomic E-state index is 11.6. The molecule has 0 radical (unpaired) electrons. The molecule has 0 fully saturated rings. The van der Waals surface area contributed by atoms with E-state index in [4.69, 9.17) is 5.73 Å². The number of nitrogens with one attached hydrogen (secondary N) is 1. The van der Waals surface area contributed by atoms with E-state index in [9.17, 15) is 9.59 Å². The molecule has 0 aliphatic heterocycles. The van der Waals surface area contributed by atoms with Gasteiger partial charge in [-0.3, -0.25) is 9.59 Å². The zero-order valence-corrected chi connectivity index (χ0v) is 12.2. The lowest BCUT2D eigenvalue weighted by Crippen LogP contribution is -2.30. The van der Waals surface area contributed by atoms with Gasteiger partial charge in [-0.05, 0) is 13.8 Å². The van der Waals surface area contributed by atoms with E-state index in [-0.39, 0.29) is 23.5 Å². The van der Waals surface area contributed by atoms with Gasteiger partial charge in [-0.1, -0.05) is 11.8 Å². The Morgan fingerprint density at radius 3 is 2.74 bits per heavy atom. The van der Waals surface area contributed by atoms with Crippen LogP contribution in [-0.4, -0.2) is 38.4 Å². The first-order valence-corrected chi connectivity index (χ1v) is 6.94. The Morgan fingerprint density at radius 2 is 2.16 bits per heavy atom. The molecule has 1 heterocycles. The fourth-order valence-corrected chi connectivity index (χ4v) is 2.29. The zero-order valence-electron chi connectivity index (χ0n) is 11.3. The van der Waals surface area contributed by atoms with E-state index in [1.807, 2.05) is 20.9 Å². The van der Waals surface area contributed by atoms with Crippen LogP contribution in [-0.2, 0) is 23.1 Å². The summed E-state index contributed by atoms with van der Waals surface area (Å²) >= 11 is 1.33. The maximum absolute atomic E-state index is 11.6. The van der Waals surface area contributed by atoms with Crippen LogP contribution in [0.1, 0.15) is 26.1 Å². The fraction of sp³-hybridized carbons (Fsp3) is 0.636. The van der Waals surface area contributed by atoms with Gasteiger partial charge in [-0.2, -0.15) is 0 Å². The average Bonchev–Trinajstić information content (AvgIpc) is 2.68. The summed E-state index contributed by atoms with van der Waals surface area (Å²) in [6, 6.07) is 0. The molecule has 1 aromatic heterocycles. The third-order valence-electron chi connectivity index (χ3n) is 2.52. The molecular weight excluding hydrogens is 266 g/mol. The number of hydrogen-bond donors (Lipinski definition) is 2. The number of nitrogens with zero attached hydrogens (tertiary/aromatic N) is 3. The van der Waals surface area contributed by atoms with Crippen molar-refractivity contribution in [2.75, 3.05) is 6.54 Å². The van der Waals surface area contributed by atoms with Crippen molar-refractivity contribution in [3.8, 4) is 0 Å². The second kappa shape index (κ2) is 7.13. The molecule has 1 rings (SSSR count). The standard InChI is InChI=1S/C11H19N5O2S/c1-4-13-10(18)7(2)19-11-15-14-9(16(11)3)6-5-8(12)17/h7H,4-6H2,1-3H3,(H2,12,17)(H,13,18)/t7-/m0/s1. The third kappa shape index (κ3) is 4.55. The van der Waals surface area contributed by atoms with Gasteiger partial charge in [0, 0.05) is 26.4 Å². The quantitative estimate of drug-likeness (QED) is 0.678. The van der Waals surface area contributed by atoms with Crippen molar-refractivity contribution in [1.82, 2.24) is 20.1 Å². The number of amides is 2. The molecule has 0 bridgehead atoms. The van der Waals surface area contributed by atoms with E-state index in [1.54, 1.807) is 4.57 Å². The Kier molecular flexibility index (Phi) is 5.81. The van der Waals surface area contributed by atoms with Crippen LogP contribution in [0.15, 0.2) is 5.16 Å². The summed E-state index contributed by atoms with van der Waals surface area (Å²) in [5.74, 6) is 0.284. The molecule has 0 unspecified atom stereocenters. The molecule has 0 spiro atoms. The molecule has 0 aromatic carbocycles. The first kappa shape index (κ1) is 15.5. The van der Waals surface area contributed by atoms with Crippen molar-refractivity contribution < 1.29 is 9.59 Å². The van der Waals surface area contributed by atoms with Gasteiger partial charge < -0.3 is 15.6 Å². The van der Waals surface area contributed by atoms with Crippen LogP contribution in [0.3, 0.4) is 0 Å². The number of aryl methyl sites for hydroxylation is 1. The van der Waals surface area contributed by atoms with E-state index in [0.717, 1.165) is 0 Å². The summed E-state index contributed by atoms with van der Waals surface area (Å²) in [5, 5.41) is 11.2. The number of nitrogens with two attached hydrogens (primary N) is 1. The predicted molar refractivity (Wildman–Crippen MR) is 72.5 cm³/mol. The summed E-state index contributed by atoms with van der Waals surface area (Å²) in [6.07, 6.45) is 0.692. The van der Waals surface area contributed by atoms with Gasteiger partial charge in [0.1, 0.15) is 5.82 Å². The molecule has 0 aliphatic rings. The van der Waals surface area contributed by atoms with E-state index in [0.29, 0.717) is 23.9 Å². The first-order chi connectivity index (χ1) is 8.95. The van der Waals surface area contributed by atoms with E-state index >= 15 is 0 Å². The lowest BCUT2D eigenvalue weighted by Gasteiger charge is -2.10. The molecular formula is C11H19N5O2S. The number of rotatable bonds is 7. The summed E-state index contributed by atoms with van der Waals surface area (Å²) in [7, 11) is 1.81. The van der Waals surface area contributed by atoms with Gasteiger partial charge in [0.05, 0.1) is 5.25 Å². The van der Waals surface area contributed by atoms with Crippen LogP contribution in [0.4, 0.5) is 0 Å². The molecule has 1 atom stereocenters. The van der Waals surface area contributed by atoms with Crippen molar-refractivity contribution in [1.29, 1.82) is 0 Å². The monoisotopic (exact) mass is 285 g/mol. The Hall–Kier alpha value is -1.57. The third-order valence-corrected chi connectivity index (χ3v) is 3.66. The number of primary amides is 1. The summed E-state index contributed by atoms with van der Waals surface area (Å²) < 4.78 is 1.78. The highest BCUT2D eigenvalue weighted by Gasteiger charge is 2.18. The smallest absolute Gasteiger partial charge is 0.233 e. The Morgan fingerprint density at radius 1 is 1.47 bits per heavy atom. The fourth-order valence-electron chi connectivity index (χ4n) is 1.43. The summed E-state index contributed by atoms with van der Waals surface area (Å²) in [6.45, 7) is 4.29. The predicted octanol–water partition coefficient (Wildman–Crippen LogP) is -0.150. The molecule has 3 N–H and O–H groups in total. The zero-order chi connectivity index (χ0) is 14.4. The van der Waals surface area contributed by atoms with E-state index in [2.05, 4.69) is 15.5 Å². The molecule has 0 saturated carbocycles. The number of carbonyl (C=O) groups excluding carboxylic acids is 2. The van der Waals surface area contributed by atoms with Crippen LogP contribution in [0.25, 0.3) is 0 Å². The summed E-state index contributed by atoms with van der Waals surface area (Å²) in [5.41, 5.74) is 5.10. The molecule has 2 amide bonds. The highest BCUT2D eigenvalue weighted by atomic mass is 32.2. The van der Waals surface area contributed by atoms with Crippen molar-refractivity contribution in [3.63, 3.8) is 0 Å². The molecule has 106 valence electrons. The van der Waals surface area contributed by atoms with Crippen LogP contribution in [0, 0.1) is 0 Å². The van der Waals surface area contributed by atoms with Crippen LogP contribution >= 0.6 is 11.8 Å². The number of aromatic nitrogens is 3. The highest BCUT2D eigenvalue weighted by Crippen LogP contribution is 2.21. The highest BCUT2D eigenvalue weighted by molar-refractivity contribution is 8.00. The largest absolute Gasteiger partial charge is 0.370 e. The van der Waals surface area contributed by atoms with Crippen molar-refractivity contribution >= 4 is 23.6 Å². The minimum absolute atomic E-state index is 0.0332. The Labute approximate surface area is 116 Å². The van der Waals surface area contributed by atoms with Gasteiger partial charge in [-0.15, -0.1) is 10.2 Å². The molecule has 8 heteroatoms. The van der Waals surface area contributed by atoms with Crippen LogP contribution < -0.4 is 11.1 Å². The molecule has 19 heavy (non-hydrogen) atoms. The number of carbonyl (C=O) groups is 2. The van der Waals surface area contributed by atoms with Gasteiger partial charge in [0.2, 0.25) is 11.8 Å². The van der Waals surface area contributed by atoms with Crippen molar-refractivity contribution in [2.24, 2.45) is 12.8 Å². The maximum Gasteiger partial charge on any atom is 0.233 e. The number of hydrogen-bond acceptors (Lipinski definition) is 5. The normalized spacial score (nSPS) is 12.2. The van der Waals surface area contributed by atoms with Crippen molar-refractivity contribution in [2.45, 2.75) is 37.1 Å². The second-order valence-corrected chi connectivity index (χ2v) is 5.39. The first-order valence-electron chi connectivity index (χ1n) is 6.06. The second-order valence-electron chi connectivity index (χ2n) is 4.08. The minimum Gasteiger partial charge on any atom is -0.370 e. The number of thioether (sulfide) groups is 1. The van der Waals surface area contributed by atoms with E-state index < -0.39 is 0 Å². The molecule has 0 aliphatic carbocycles. The molecule has 1 aromatic rings. The van der Waals surface area contributed by atoms with Gasteiger partial charge >= 0.3 is 0 Å². The minimum atomic E-state index is -0.368. The van der Waals surface area contributed by atoms with Crippen LogP contribution in [0.2, 0.25) is 0 Å². The van der Waals surface area contributed by atoms with E-state index in [1.165, 1.54) is 11.8 Å². The van der Waals surface area contributed by atoms with Crippen LogP contribution in [0.5, 0.6) is 0 Å². The SMILES string of the molecule is CCNC(=O)[C@H](C)Sc1nnc(CCC(N)=O)n1C. The van der Waals surface area contributed by atoms with Gasteiger partial charge in [0.15, 0.2) is 5.16 Å². The lowest BCUT2D eigenvalue weighted by atomic mass is 10.3.